The molecule has 24 heavy (non-hydrogen) atoms. The van der Waals surface area contributed by atoms with Crippen LogP contribution in [0.4, 0.5) is 0 Å². The fourth-order valence-corrected chi connectivity index (χ4v) is 4.07. The van der Waals surface area contributed by atoms with E-state index in [0.717, 1.165) is 10.4 Å². The number of carbonyl (C=O) groups is 2. The maximum Gasteiger partial charge on any atom is 0.227 e. The fraction of sp³-hybridized carbons (Fsp3) is 0.368. The van der Waals surface area contributed by atoms with Gasteiger partial charge in [0.1, 0.15) is 0 Å². The van der Waals surface area contributed by atoms with Gasteiger partial charge in [-0.15, -0.1) is 11.3 Å². The van der Waals surface area contributed by atoms with E-state index in [1.54, 1.807) is 18.3 Å². The van der Waals surface area contributed by atoms with Crippen LogP contribution < -0.4 is 0 Å². The number of aryl methyl sites for hydroxylation is 1. The van der Waals surface area contributed by atoms with E-state index in [1.807, 2.05) is 52.3 Å². The standard InChI is InChI=1S/C19H22N2O2S/c1-14-8-9-17(24-14)12-19(23)20-10-11-21(15(2)22)18(13-20)16-6-4-3-5-7-16/h3-9,18H,10-13H2,1-2H3/t18-/m0/s1. The van der Waals surface area contributed by atoms with Crippen molar-refractivity contribution < 1.29 is 9.59 Å². The highest BCUT2D eigenvalue weighted by molar-refractivity contribution is 7.12. The van der Waals surface area contributed by atoms with Crippen LogP contribution in [0.5, 0.6) is 0 Å². The number of benzene rings is 1. The Labute approximate surface area is 146 Å². The van der Waals surface area contributed by atoms with E-state index in [-0.39, 0.29) is 17.9 Å². The van der Waals surface area contributed by atoms with Crippen molar-refractivity contribution >= 4 is 23.2 Å². The van der Waals surface area contributed by atoms with Crippen molar-refractivity contribution in [3.63, 3.8) is 0 Å². The van der Waals surface area contributed by atoms with E-state index in [0.29, 0.717) is 26.1 Å². The third-order valence-electron chi connectivity index (χ3n) is 4.44. The van der Waals surface area contributed by atoms with Crippen LogP contribution in [0.1, 0.15) is 28.3 Å². The van der Waals surface area contributed by atoms with Gasteiger partial charge in [-0.1, -0.05) is 30.3 Å². The lowest BCUT2D eigenvalue weighted by molar-refractivity contribution is -0.141. The first-order chi connectivity index (χ1) is 11.5. The molecular weight excluding hydrogens is 320 g/mol. The highest BCUT2D eigenvalue weighted by Crippen LogP contribution is 2.26. The summed E-state index contributed by atoms with van der Waals surface area (Å²) in [5.41, 5.74) is 1.08. The Morgan fingerprint density at radius 3 is 2.50 bits per heavy atom. The summed E-state index contributed by atoms with van der Waals surface area (Å²) in [6, 6.07) is 14.0. The largest absolute Gasteiger partial charge is 0.338 e. The van der Waals surface area contributed by atoms with Crippen molar-refractivity contribution in [3.05, 3.63) is 57.8 Å². The maximum absolute atomic E-state index is 12.7. The van der Waals surface area contributed by atoms with Gasteiger partial charge in [0, 0.05) is 36.3 Å². The summed E-state index contributed by atoms with van der Waals surface area (Å²) >= 11 is 1.67. The number of nitrogens with zero attached hydrogens (tertiary/aromatic N) is 2. The van der Waals surface area contributed by atoms with Crippen molar-refractivity contribution in [3.8, 4) is 0 Å². The van der Waals surface area contributed by atoms with Gasteiger partial charge in [0.2, 0.25) is 11.8 Å². The molecule has 1 atom stereocenters. The highest BCUT2D eigenvalue weighted by atomic mass is 32.1. The Kier molecular flexibility index (Phi) is 5.00. The van der Waals surface area contributed by atoms with Crippen LogP contribution in [0.25, 0.3) is 0 Å². The van der Waals surface area contributed by atoms with Crippen molar-refractivity contribution in [2.75, 3.05) is 19.6 Å². The lowest BCUT2D eigenvalue weighted by Crippen LogP contribution is -2.52. The first kappa shape index (κ1) is 16.7. The summed E-state index contributed by atoms with van der Waals surface area (Å²) in [6.45, 7) is 5.40. The van der Waals surface area contributed by atoms with Gasteiger partial charge in [-0.3, -0.25) is 9.59 Å². The Hall–Kier alpha value is -2.14. The molecule has 1 aromatic carbocycles. The number of rotatable bonds is 3. The van der Waals surface area contributed by atoms with Gasteiger partial charge < -0.3 is 9.80 Å². The molecule has 1 saturated heterocycles. The molecule has 4 nitrogen and oxygen atoms in total. The lowest BCUT2D eigenvalue weighted by atomic mass is 10.0. The van der Waals surface area contributed by atoms with Crippen molar-refractivity contribution in [1.29, 1.82) is 0 Å². The number of carbonyl (C=O) groups excluding carboxylic acids is 2. The van der Waals surface area contributed by atoms with E-state index < -0.39 is 0 Å². The zero-order chi connectivity index (χ0) is 17.1. The SMILES string of the molecule is CC(=O)N1CCN(C(=O)Cc2ccc(C)s2)C[C@H]1c1ccccc1. The van der Waals surface area contributed by atoms with Crippen LogP contribution in [-0.2, 0) is 16.0 Å². The minimum Gasteiger partial charge on any atom is -0.338 e. The number of hydrogen-bond donors (Lipinski definition) is 0. The molecule has 2 amide bonds. The monoisotopic (exact) mass is 342 g/mol. The first-order valence-corrected chi connectivity index (χ1v) is 9.01. The third-order valence-corrected chi connectivity index (χ3v) is 5.44. The summed E-state index contributed by atoms with van der Waals surface area (Å²) in [5.74, 6) is 0.200. The van der Waals surface area contributed by atoms with Crippen LogP contribution in [0.3, 0.4) is 0 Å². The number of thiophene rings is 1. The number of piperazine rings is 1. The topological polar surface area (TPSA) is 40.6 Å². The smallest absolute Gasteiger partial charge is 0.227 e. The molecule has 1 aliphatic heterocycles. The van der Waals surface area contributed by atoms with Crippen LogP contribution in [0, 0.1) is 6.92 Å². The molecule has 0 unspecified atom stereocenters. The maximum atomic E-state index is 12.7. The second kappa shape index (κ2) is 7.18. The van der Waals surface area contributed by atoms with Gasteiger partial charge in [0.25, 0.3) is 0 Å². The lowest BCUT2D eigenvalue weighted by Gasteiger charge is -2.41. The summed E-state index contributed by atoms with van der Waals surface area (Å²) in [5, 5.41) is 0. The normalized spacial score (nSPS) is 17.8. The molecule has 1 fully saturated rings. The zero-order valence-corrected chi connectivity index (χ0v) is 14.9. The molecule has 0 N–H and O–H groups in total. The molecule has 126 valence electrons. The highest BCUT2D eigenvalue weighted by Gasteiger charge is 2.31. The first-order valence-electron chi connectivity index (χ1n) is 8.20. The predicted molar refractivity (Wildman–Crippen MR) is 95.9 cm³/mol. The van der Waals surface area contributed by atoms with Crippen molar-refractivity contribution in [2.24, 2.45) is 0 Å². The van der Waals surface area contributed by atoms with Gasteiger partial charge in [-0.2, -0.15) is 0 Å². The van der Waals surface area contributed by atoms with Gasteiger partial charge in [-0.25, -0.2) is 0 Å². The van der Waals surface area contributed by atoms with Gasteiger partial charge >= 0.3 is 0 Å². The molecule has 1 aromatic heterocycles. The molecule has 0 radical (unpaired) electrons. The molecule has 1 aliphatic rings. The molecular formula is C19H22N2O2S. The molecule has 0 aliphatic carbocycles. The van der Waals surface area contributed by atoms with E-state index in [2.05, 4.69) is 6.92 Å². The Morgan fingerprint density at radius 1 is 1.12 bits per heavy atom. The van der Waals surface area contributed by atoms with E-state index >= 15 is 0 Å². The minimum absolute atomic E-state index is 0.0600. The van der Waals surface area contributed by atoms with Crippen molar-refractivity contribution in [2.45, 2.75) is 26.3 Å². The minimum atomic E-state index is -0.0635. The second-order valence-electron chi connectivity index (χ2n) is 6.17. The summed E-state index contributed by atoms with van der Waals surface area (Å²) in [7, 11) is 0. The van der Waals surface area contributed by atoms with E-state index in [1.165, 1.54) is 4.88 Å². The predicted octanol–water partition coefficient (Wildman–Crippen LogP) is 3.03. The fourth-order valence-electron chi connectivity index (χ4n) is 3.19. The average Bonchev–Trinajstić information content (AvgIpc) is 3.00. The summed E-state index contributed by atoms with van der Waals surface area (Å²) < 4.78 is 0. The van der Waals surface area contributed by atoms with Gasteiger partial charge in [0.05, 0.1) is 12.5 Å². The van der Waals surface area contributed by atoms with E-state index in [9.17, 15) is 9.59 Å². The third kappa shape index (κ3) is 3.67. The second-order valence-corrected chi connectivity index (χ2v) is 7.54. The quantitative estimate of drug-likeness (QED) is 0.860. The zero-order valence-electron chi connectivity index (χ0n) is 14.1. The average molecular weight is 342 g/mol. The summed E-state index contributed by atoms with van der Waals surface area (Å²) in [6.07, 6.45) is 0.445. The number of amides is 2. The van der Waals surface area contributed by atoms with Crippen molar-refractivity contribution in [1.82, 2.24) is 9.80 Å². The number of hydrogen-bond acceptors (Lipinski definition) is 3. The molecule has 2 aromatic rings. The molecule has 0 saturated carbocycles. The Morgan fingerprint density at radius 2 is 1.88 bits per heavy atom. The van der Waals surface area contributed by atoms with Crippen LogP contribution in [-0.4, -0.2) is 41.2 Å². The molecule has 0 spiro atoms. The van der Waals surface area contributed by atoms with Gasteiger partial charge in [0.15, 0.2) is 0 Å². The van der Waals surface area contributed by atoms with Crippen LogP contribution >= 0.6 is 11.3 Å². The Bertz CT molecular complexity index is 726. The molecule has 2 heterocycles. The molecule has 3 rings (SSSR count). The van der Waals surface area contributed by atoms with Gasteiger partial charge in [-0.05, 0) is 24.6 Å². The van der Waals surface area contributed by atoms with Crippen LogP contribution in [0.2, 0.25) is 0 Å². The summed E-state index contributed by atoms with van der Waals surface area (Å²) in [4.78, 5) is 30.7. The van der Waals surface area contributed by atoms with Crippen LogP contribution in [0.15, 0.2) is 42.5 Å². The Balaban J connectivity index is 1.75. The van der Waals surface area contributed by atoms with E-state index in [4.69, 9.17) is 0 Å². The molecule has 0 bridgehead atoms. The molecule has 5 heteroatoms.